The van der Waals surface area contributed by atoms with E-state index in [1.165, 1.54) is 0 Å². The number of unbranched alkanes of at least 4 members (excludes halogenated alkanes) is 3. The van der Waals surface area contributed by atoms with Gasteiger partial charge >= 0.3 is 16.4 Å². The molecule has 1 unspecified atom stereocenters. The van der Waals surface area contributed by atoms with Crippen LogP contribution in [0.25, 0.3) is 11.0 Å². The predicted octanol–water partition coefficient (Wildman–Crippen LogP) is 3.34. The molecular formula is C18H28N4O5S. The van der Waals surface area contributed by atoms with Gasteiger partial charge in [-0.05, 0) is 37.8 Å². The Morgan fingerprint density at radius 2 is 1.89 bits per heavy atom. The van der Waals surface area contributed by atoms with E-state index in [0.29, 0.717) is 31.5 Å². The summed E-state index contributed by atoms with van der Waals surface area (Å²) in [5.41, 5.74) is 1.58. The van der Waals surface area contributed by atoms with Gasteiger partial charge in [-0.15, -0.1) is 0 Å². The highest BCUT2D eigenvalue weighted by molar-refractivity contribution is 7.83. The third-order valence-electron chi connectivity index (χ3n) is 4.52. The second-order valence-corrected chi connectivity index (χ2v) is 8.13. The maximum absolute atomic E-state index is 11.5. The summed E-state index contributed by atoms with van der Waals surface area (Å²) in [7, 11) is -4.23. The van der Waals surface area contributed by atoms with E-state index in [4.69, 9.17) is 5.11 Å². The fourth-order valence-electron chi connectivity index (χ4n) is 3.08. The molecule has 1 heterocycles. The highest BCUT2D eigenvalue weighted by atomic mass is 32.2. The first-order chi connectivity index (χ1) is 13.3. The summed E-state index contributed by atoms with van der Waals surface area (Å²) >= 11 is 0. The van der Waals surface area contributed by atoms with Crippen LogP contribution in [0.15, 0.2) is 24.3 Å². The summed E-state index contributed by atoms with van der Waals surface area (Å²) in [6.45, 7) is 2.50. The number of nitrogens with zero attached hydrogens (tertiary/aromatic N) is 2. The number of hydrogen-bond acceptors (Lipinski definition) is 4. The van der Waals surface area contributed by atoms with E-state index < -0.39 is 22.4 Å². The van der Waals surface area contributed by atoms with Crippen molar-refractivity contribution in [3.8, 4) is 0 Å². The second kappa shape index (κ2) is 10.4. The third kappa shape index (κ3) is 6.77. The number of aromatic amines is 1. The zero-order valence-electron chi connectivity index (χ0n) is 16.0. The maximum Gasteiger partial charge on any atom is 0.405 e. The highest BCUT2D eigenvalue weighted by Gasteiger charge is 2.20. The molecule has 156 valence electrons. The lowest BCUT2D eigenvalue weighted by Gasteiger charge is -2.19. The SMILES string of the molecule is CCCCCN(CCCCC(NC(=O)O)c1nc2ccccc2[nH]1)S(=O)(=O)O. The van der Waals surface area contributed by atoms with Crippen LogP contribution in [0, 0.1) is 0 Å². The van der Waals surface area contributed by atoms with Crippen LogP contribution in [0.4, 0.5) is 4.79 Å². The van der Waals surface area contributed by atoms with E-state index in [-0.39, 0.29) is 13.1 Å². The zero-order valence-corrected chi connectivity index (χ0v) is 16.8. The van der Waals surface area contributed by atoms with Gasteiger partial charge in [0.25, 0.3) is 0 Å². The highest BCUT2D eigenvalue weighted by Crippen LogP contribution is 2.21. The Morgan fingerprint density at radius 1 is 1.21 bits per heavy atom. The lowest BCUT2D eigenvalue weighted by atomic mass is 10.1. The van der Waals surface area contributed by atoms with Crippen molar-refractivity contribution in [2.24, 2.45) is 0 Å². The number of para-hydroxylation sites is 2. The summed E-state index contributed by atoms with van der Waals surface area (Å²) in [5.74, 6) is 0.526. The molecule has 0 spiro atoms. The second-order valence-electron chi connectivity index (χ2n) is 6.72. The predicted molar refractivity (Wildman–Crippen MR) is 106 cm³/mol. The van der Waals surface area contributed by atoms with Crippen LogP contribution in [0.2, 0.25) is 0 Å². The Labute approximate surface area is 165 Å². The van der Waals surface area contributed by atoms with Crippen LogP contribution in [-0.2, 0) is 10.3 Å². The molecule has 0 aliphatic rings. The van der Waals surface area contributed by atoms with Crippen LogP contribution in [0.3, 0.4) is 0 Å². The number of imidazole rings is 1. The summed E-state index contributed by atoms with van der Waals surface area (Å²) < 4.78 is 33.4. The third-order valence-corrected chi connectivity index (χ3v) is 5.54. The quantitative estimate of drug-likeness (QED) is 0.312. The van der Waals surface area contributed by atoms with Gasteiger partial charge in [0.1, 0.15) is 5.82 Å². The van der Waals surface area contributed by atoms with Crippen LogP contribution < -0.4 is 5.32 Å². The van der Waals surface area contributed by atoms with E-state index >= 15 is 0 Å². The van der Waals surface area contributed by atoms with Crippen molar-refractivity contribution in [3.05, 3.63) is 30.1 Å². The molecule has 0 saturated heterocycles. The monoisotopic (exact) mass is 412 g/mol. The molecule has 0 fully saturated rings. The molecule has 0 radical (unpaired) electrons. The van der Waals surface area contributed by atoms with Crippen molar-refractivity contribution in [2.45, 2.75) is 51.5 Å². The number of fused-ring (bicyclic) bond motifs is 1. The molecule has 1 atom stereocenters. The van der Waals surface area contributed by atoms with Gasteiger partial charge in [0.2, 0.25) is 0 Å². The lowest BCUT2D eigenvalue weighted by Crippen LogP contribution is -2.32. The molecule has 4 N–H and O–H groups in total. The summed E-state index contributed by atoms with van der Waals surface area (Å²) in [6.07, 6.45) is 2.93. The minimum atomic E-state index is -4.23. The Balaban J connectivity index is 1.94. The van der Waals surface area contributed by atoms with Gasteiger partial charge < -0.3 is 15.4 Å². The van der Waals surface area contributed by atoms with E-state index in [1.54, 1.807) is 0 Å². The van der Waals surface area contributed by atoms with Gasteiger partial charge in [0, 0.05) is 13.1 Å². The first-order valence-electron chi connectivity index (χ1n) is 9.48. The molecule has 0 saturated carbocycles. The van der Waals surface area contributed by atoms with Crippen molar-refractivity contribution < 1.29 is 22.9 Å². The van der Waals surface area contributed by atoms with E-state index in [0.717, 1.165) is 28.2 Å². The molecular weight excluding hydrogens is 384 g/mol. The summed E-state index contributed by atoms with van der Waals surface area (Å²) in [6, 6.07) is 6.91. The molecule has 0 bridgehead atoms. The molecule has 28 heavy (non-hydrogen) atoms. The molecule has 10 heteroatoms. The van der Waals surface area contributed by atoms with Gasteiger partial charge in [0.15, 0.2) is 0 Å². The molecule has 9 nitrogen and oxygen atoms in total. The Kier molecular flexibility index (Phi) is 8.21. The Morgan fingerprint density at radius 3 is 2.50 bits per heavy atom. The largest absolute Gasteiger partial charge is 0.465 e. The zero-order chi connectivity index (χ0) is 20.6. The molecule has 1 aromatic carbocycles. The van der Waals surface area contributed by atoms with Crippen molar-refractivity contribution in [2.75, 3.05) is 13.1 Å². The van der Waals surface area contributed by atoms with Gasteiger partial charge in [-0.2, -0.15) is 12.7 Å². The molecule has 0 aliphatic carbocycles. The van der Waals surface area contributed by atoms with Crippen LogP contribution >= 0.6 is 0 Å². The molecule has 2 aromatic rings. The van der Waals surface area contributed by atoms with Gasteiger partial charge in [-0.25, -0.2) is 9.78 Å². The molecule has 1 amide bonds. The fourth-order valence-corrected chi connectivity index (χ4v) is 3.80. The van der Waals surface area contributed by atoms with Crippen molar-refractivity contribution in [1.29, 1.82) is 0 Å². The minimum Gasteiger partial charge on any atom is -0.465 e. The van der Waals surface area contributed by atoms with Crippen molar-refractivity contribution in [1.82, 2.24) is 19.6 Å². The maximum atomic E-state index is 11.5. The van der Waals surface area contributed by atoms with Gasteiger partial charge in [-0.1, -0.05) is 31.9 Å². The number of carbonyl (C=O) groups is 1. The molecule has 0 aliphatic heterocycles. The smallest absolute Gasteiger partial charge is 0.405 e. The average Bonchev–Trinajstić information content (AvgIpc) is 3.05. The number of carboxylic acid groups (broad SMARTS) is 1. The topological polar surface area (TPSA) is 136 Å². The number of aromatic nitrogens is 2. The van der Waals surface area contributed by atoms with Crippen LogP contribution in [-0.4, -0.2) is 51.5 Å². The first kappa shape index (κ1) is 22.1. The van der Waals surface area contributed by atoms with Gasteiger partial charge in [-0.3, -0.25) is 4.55 Å². The number of amides is 1. The Hall–Kier alpha value is -2.17. The van der Waals surface area contributed by atoms with Crippen LogP contribution in [0.5, 0.6) is 0 Å². The molecule has 2 rings (SSSR count). The first-order valence-corrected chi connectivity index (χ1v) is 10.9. The number of hydrogen-bond donors (Lipinski definition) is 4. The number of rotatable bonds is 12. The number of benzene rings is 1. The summed E-state index contributed by atoms with van der Waals surface area (Å²) in [4.78, 5) is 18.7. The molecule has 1 aromatic heterocycles. The number of H-pyrrole nitrogens is 1. The fraction of sp³-hybridized carbons (Fsp3) is 0.556. The van der Waals surface area contributed by atoms with E-state index in [1.807, 2.05) is 31.2 Å². The lowest BCUT2D eigenvalue weighted by molar-refractivity contribution is 0.188. The minimum absolute atomic E-state index is 0.197. The standard InChI is InChI=1S/C18H28N4O5S/c1-2-3-7-12-22(28(25,26)27)13-8-6-11-16(21-18(23)24)17-19-14-9-4-5-10-15(14)20-17/h4-5,9-10,16,21H,2-3,6-8,11-13H2,1H3,(H,19,20)(H,23,24)(H,25,26,27). The van der Waals surface area contributed by atoms with Crippen molar-refractivity contribution in [3.63, 3.8) is 0 Å². The Bertz CT molecular complexity index is 835. The summed E-state index contributed by atoms with van der Waals surface area (Å²) in [5, 5.41) is 11.6. The normalized spacial score (nSPS) is 13.1. The van der Waals surface area contributed by atoms with Crippen LogP contribution in [0.1, 0.15) is 57.3 Å². The van der Waals surface area contributed by atoms with Gasteiger partial charge in [0.05, 0.1) is 17.1 Å². The van der Waals surface area contributed by atoms with Crippen molar-refractivity contribution >= 4 is 27.4 Å². The average molecular weight is 413 g/mol. The number of nitrogens with one attached hydrogen (secondary N) is 2. The van der Waals surface area contributed by atoms with E-state index in [9.17, 15) is 17.8 Å². The van der Waals surface area contributed by atoms with E-state index in [2.05, 4.69) is 15.3 Å².